The highest BCUT2D eigenvalue weighted by Gasteiger charge is 2.25. The minimum atomic E-state index is 0.103. The first-order chi connectivity index (χ1) is 8.49. The maximum absolute atomic E-state index is 7.50. The van der Waals surface area contributed by atoms with E-state index in [0.717, 1.165) is 22.5 Å². The molecular formula is C14H20BrN3. The number of benzene rings is 1. The molecule has 18 heavy (non-hydrogen) atoms. The second kappa shape index (κ2) is 5.31. The monoisotopic (exact) mass is 309 g/mol. The molecule has 2 rings (SSSR count). The predicted octanol–water partition coefficient (Wildman–Crippen LogP) is 3.36. The molecule has 0 unspecified atom stereocenters. The molecule has 1 aromatic rings. The van der Waals surface area contributed by atoms with Gasteiger partial charge in [0.2, 0.25) is 0 Å². The van der Waals surface area contributed by atoms with Crippen molar-refractivity contribution in [2.75, 3.05) is 11.4 Å². The Bertz CT molecular complexity index is 452. The molecule has 1 aliphatic carbocycles. The summed E-state index contributed by atoms with van der Waals surface area (Å²) in [5, 5.41) is 7.50. The van der Waals surface area contributed by atoms with Crippen LogP contribution in [-0.4, -0.2) is 18.4 Å². The predicted molar refractivity (Wildman–Crippen MR) is 80.4 cm³/mol. The van der Waals surface area contributed by atoms with Crippen molar-refractivity contribution in [3.63, 3.8) is 0 Å². The molecule has 3 N–H and O–H groups in total. The molecule has 1 fully saturated rings. The van der Waals surface area contributed by atoms with Crippen molar-refractivity contribution in [2.45, 2.75) is 32.7 Å². The molecule has 98 valence electrons. The molecule has 4 heteroatoms. The van der Waals surface area contributed by atoms with Gasteiger partial charge in [-0.05, 0) is 66.7 Å². The second-order valence-corrected chi connectivity index (χ2v) is 6.12. The Morgan fingerprint density at radius 1 is 1.50 bits per heavy atom. The Morgan fingerprint density at radius 3 is 2.61 bits per heavy atom. The summed E-state index contributed by atoms with van der Waals surface area (Å²) >= 11 is 3.50. The largest absolute Gasteiger partial charge is 0.384 e. The first-order valence-corrected chi connectivity index (χ1v) is 7.19. The Morgan fingerprint density at radius 2 is 2.17 bits per heavy atom. The van der Waals surface area contributed by atoms with Crippen LogP contribution in [0, 0.1) is 11.3 Å². The molecule has 0 amide bonds. The molecule has 1 saturated carbocycles. The number of rotatable bonds is 5. The molecule has 1 aliphatic rings. The van der Waals surface area contributed by atoms with Gasteiger partial charge < -0.3 is 10.6 Å². The average molecular weight is 310 g/mol. The van der Waals surface area contributed by atoms with Gasteiger partial charge in [0.15, 0.2) is 0 Å². The van der Waals surface area contributed by atoms with Crippen molar-refractivity contribution in [1.29, 1.82) is 5.41 Å². The minimum absolute atomic E-state index is 0.103. The summed E-state index contributed by atoms with van der Waals surface area (Å²) in [6, 6.07) is 6.54. The Balaban J connectivity index is 2.24. The van der Waals surface area contributed by atoms with Gasteiger partial charge in [0.05, 0.1) is 0 Å². The summed E-state index contributed by atoms with van der Waals surface area (Å²) in [7, 11) is 0. The van der Waals surface area contributed by atoms with Gasteiger partial charge in [-0.2, -0.15) is 0 Å². The molecule has 0 atom stereocenters. The van der Waals surface area contributed by atoms with Crippen LogP contribution < -0.4 is 10.6 Å². The number of nitrogens with two attached hydrogens (primary N) is 1. The van der Waals surface area contributed by atoms with E-state index in [9.17, 15) is 0 Å². The van der Waals surface area contributed by atoms with Crippen LogP contribution in [0.2, 0.25) is 0 Å². The molecular weight excluding hydrogens is 290 g/mol. The van der Waals surface area contributed by atoms with Gasteiger partial charge in [0.1, 0.15) is 5.84 Å². The number of nitrogens with zero attached hydrogens (tertiary/aromatic N) is 1. The summed E-state index contributed by atoms with van der Waals surface area (Å²) in [5.41, 5.74) is 7.49. The van der Waals surface area contributed by atoms with Crippen molar-refractivity contribution in [3.8, 4) is 0 Å². The number of anilines is 1. The lowest BCUT2D eigenvalue weighted by atomic mass is 10.1. The highest BCUT2D eigenvalue weighted by Crippen LogP contribution is 2.33. The van der Waals surface area contributed by atoms with Crippen molar-refractivity contribution in [3.05, 3.63) is 28.2 Å². The van der Waals surface area contributed by atoms with Crippen molar-refractivity contribution >= 4 is 27.5 Å². The fourth-order valence-electron chi connectivity index (χ4n) is 2.09. The maximum atomic E-state index is 7.50. The molecule has 0 radical (unpaired) electrons. The Labute approximate surface area is 117 Å². The number of hydrogen-bond donors (Lipinski definition) is 2. The molecule has 0 heterocycles. The van der Waals surface area contributed by atoms with Crippen molar-refractivity contribution in [1.82, 2.24) is 0 Å². The molecule has 1 aromatic carbocycles. The number of nitrogen functional groups attached to an aromatic ring is 1. The zero-order valence-electron chi connectivity index (χ0n) is 10.9. The van der Waals surface area contributed by atoms with Gasteiger partial charge in [0, 0.05) is 28.3 Å². The molecule has 0 bridgehead atoms. The molecule has 0 saturated heterocycles. The SMILES string of the molecule is CC(C)N(CC1CC1)c1ccc(C(=N)N)c(Br)c1. The fraction of sp³-hybridized carbons (Fsp3) is 0.500. The van der Waals surface area contributed by atoms with Crippen LogP contribution >= 0.6 is 15.9 Å². The van der Waals surface area contributed by atoms with Crippen LogP contribution in [0.15, 0.2) is 22.7 Å². The van der Waals surface area contributed by atoms with Crippen LogP contribution in [0.3, 0.4) is 0 Å². The molecule has 3 nitrogen and oxygen atoms in total. The van der Waals surface area contributed by atoms with E-state index in [2.05, 4.69) is 46.8 Å². The second-order valence-electron chi connectivity index (χ2n) is 5.27. The zero-order chi connectivity index (χ0) is 13.3. The average Bonchev–Trinajstić information content (AvgIpc) is 3.08. The Kier molecular flexibility index (Phi) is 3.95. The summed E-state index contributed by atoms with van der Waals surface area (Å²) in [5.74, 6) is 0.963. The van der Waals surface area contributed by atoms with Crippen LogP contribution in [0.5, 0.6) is 0 Å². The van der Waals surface area contributed by atoms with Gasteiger partial charge in [-0.3, -0.25) is 5.41 Å². The zero-order valence-corrected chi connectivity index (χ0v) is 12.5. The Hall–Kier alpha value is -1.03. The van der Waals surface area contributed by atoms with Gasteiger partial charge in [-0.1, -0.05) is 0 Å². The topological polar surface area (TPSA) is 53.1 Å². The van der Waals surface area contributed by atoms with Gasteiger partial charge in [-0.25, -0.2) is 0 Å². The lowest BCUT2D eigenvalue weighted by Crippen LogP contribution is -2.32. The van der Waals surface area contributed by atoms with E-state index in [0.29, 0.717) is 6.04 Å². The van der Waals surface area contributed by atoms with E-state index >= 15 is 0 Å². The van der Waals surface area contributed by atoms with Crippen molar-refractivity contribution < 1.29 is 0 Å². The lowest BCUT2D eigenvalue weighted by molar-refractivity contribution is 0.644. The van der Waals surface area contributed by atoms with Crippen LogP contribution in [0.25, 0.3) is 0 Å². The minimum Gasteiger partial charge on any atom is -0.384 e. The van der Waals surface area contributed by atoms with Gasteiger partial charge in [-0.15, -0.1) is 0 Å². The molecule has 0 spiro atoms. The normalized spacial score (nSPS) is 14.9. The summed E-state index contributed by atoms with van der Waals surface area (Å²) in [4.78, 5) is 2.42. The maximum Gasteiger partial charge on any atom is 0.123 e. The quantitative estimate of drug-likeness (QED) is 0.647. The van der Waals surface area contributed by atoms with Crippen molar-refractivity contribution in [2.24, 2.45) is 11.7 Å². The van der Waals surface area contributed by atoms with Crippen LogP contribution in [0.1, 0.15) is 32.3 Å². The van der Waals surface area contributed by atoms with E-state index in [1.165, 1.54) is 18.5 Å². The third-order valence-corrected chi connectivity index (χ3v) is 4.01. The standard InChI is InChI=1S/C14H20BrN3/c1-9(2)18(8-10-3-4-10)11-5-6-12(14(16)17)13(15)7-11/h5-7,9-10H,3-4,8H2,1-2H3,(H3,16,17). The highest BCUT2D eigenvalue weighted by atomic mass is 79.9. The van der Waals surface area contributed by atoms with Gasteiger partial charge >= 0.3 is 0 Å². The third kappa shape index (κ3) is 3.05. The molecule has 0 aliphatic heterocycles. The van der Waals surface area contributed by atoms with Crippen LogP contribution in [-0.2, 0) is 0 Å². The van der Waals surface area contributed by atoms with Crippen LogP contribution in [0.4, 0.5) is 5.69 Å². The first kappa shape index (κ1) is 13.4. The van der Waals surface area contributed by atoms with E-state index in [4.69, 9.17) is 11.1 Å². The fourth-order valence-corrected chi connectivity index (χ4v) is 2.67. The van der Waals surface area contributed by atoms with E-state index in [-0.39, 0.29) is 5.84 Å². The van der Waals surface area contributed by atoms with Gasteiger partial charge in [0.25, 0.3) is 0 Å². The number of nitrogens with one attached hydrogen (secondary N) is 1. The van der Waals surface area contributed by atoms with E-state index in [1.54, 1.807) is 0 Å². The first-order valence-electron chi connectivity index (χ1n) is 6.39. The highest BCUT2D eigenvalue weighted by molar-refractivity contribution is 9.10. The molecule has 0 aromatic heterocycles. The summed E-state index contributed by atoms with van der Waals surface area (Å²) < 4.78 is 0.897. The third-order valence-electron chi connectivity index (χ3n) is 3.35. The lowest BCUT2D eigenvalue weighted by Gasteiger charge is -2.29. The number of hydrogen-bond acceptors (Lipinski definition) is 2. The smallest absolute Gasteiger partial charge is 0.123 e. The van der Waals surface area contributed by atoms with E-state index < -0.39 is 0 Å². The number of halogens is 1. The summed E-state index contributed by atoms with van der Waals surface area (Å²) in [6.45, 7) is 5.56. The summed E-state index contributed by atoms with van der Waals surface area (Å²) in [6.07, 6.45) is 2.71. The number of amidine groups is 1. The van der Waals surface area contributed by atoms with E-state index in [1.807, 2.05) is 6.07 Å².